The first-order chi connectivity index (χ1) is 6.94. The Labute approximate surface area is 95.6 Å². The number of nitrogens with zero attached hydrogens (tertiary/aromatic N) is 1. The predicted octanol–water partition coefficient (Wildman–Crippen LogP) is 4.31. The Morgan fingerprint density at radius 3 is 1.67 bits per heavy atom. The molecule has 1 rings (SSSR count). The molecule has 0 bridgehead atoms. The van der Waals surface area contributed by atoms with Crippen molar-refractivity contribution < 1.29 is 0 Å². The SMILES string of the molecule is CC(C)[Si](C(C)C)(C(C)C)n1c[c]cc1. The molecule has 1 nitrogen and oxygen atoms in total. The van der Waals surface area contributed by atoms with E-state index >= 15 is 0 Å². The van der Waals surface area contributed by atoms with Gasteiger partial charge in [0, 0.05) is 6.20 Å². The molecule has 0 amide bonds. The Morgan fingerprint density at radius 2 is 1.40 bits per heavy atom. The van der Waals surface area contributed by atoms with Gasteiger partial charge in [-0.05, 0) is 35.0 Å². The lowest BCUT2D eigenvalue weighted by Gasteiger charge is -2.44. The minimum Gasteiger partial charge on any atom is -0.379 e. The smallest absolute Gasteiger partial charge is 0.168 e. The van der Waals surface area contributed by atoms with Crippen LogP contribution < -0.4 is 0 Å². The molecular weight excluding hydrogens is 198 g/mol. The zero-order valence-corrected chi connectivity index (χ0v) is 11.9. The number of hydrogen-bond acceptors (Lipinski definition) is 0. The van der Waals surface area contributed by atoms with Gasteiger partial charge in [0.1, 0.15) is 0 Å². The summed E-state index contributed by atoms with van der Waals surface area (Å²) < 4.78 is 2.49. The molecule has 15 heavy (non-hydrogen) atoms. The predicted molar refractivity (Wildman–Crippen MR) is 69.7 cm³/mol. The summed E-state index contributed by atoms with van der Waals surface area (Å²) in [6.07, 6.45) is 4.36. The summed E-state index contributed by atoms with van der Waals surface area (Å²) >= 11 is 0. The van der Waals surface area contributed by atoms with Crippen molar-refractivity contribution in [2.45, 2.75) is 58.2 Å². The molecule has 0 aromatic carbocycles. The molecule has 0 N–H and O–H groups in total. The van der Waals surface area contributed by atoms with E-state index in [2.05, 4.69) is 64.2 Å². The van der Waals surface area contributed by atoms with Crippen LogP contribution in [-0.2, 0) is 0 Å². The van der Waals surface area contributed by atoms with Gasteiger partial charge in [-0.1, -0.05) is 41.5 Å². The molecular formula is C13H24NSi. The van der Waals surface area contributed by atoms with Crippen LogP contribution in [0.25, 0.3) is 0 Å². The van der Waals surface area contributed by atoms with Gasteiger partial charge in [0.2, 0.25) is 0 Å². The third-order valence-corrected chi connectivity index (χ3v) is 10.5. The Hall–Kier alpha value is -0.503. The molecule has 1 heterocycles. The summed E-state index contributed by atoms with van der Waals surface area (Å²) in [6, 6.07) is 5.23. The summed E-state index contributed by atoms with van der Waals surface area (Å²) in [5, 5.41) is 0. The van der Waals surface area contributed by atoms with Gasteiger partial charge in [0.25, 0.3) is 0 Å². The van der Waals surface area contributed by atoms with Gasteiger partial charge in [-0.2, -0.15) is 0 Å². The molecule has 0 spiro atoms. The molecule has 0 aliphatic heterocycles. The molecule has 0 aliphatic carbocycles. The summed E-state index contributed by atoms with van der Waals surface area (Å²) in [5.74, 6) is 0. The molecule has 0 aliphatic rings. The number of aromatic nitrogens is 1. The monoisotopic (exact) mass is 222 g/mol. The van der Waals surface area contributed by atoms with Gasteiger partial charge in [-0.3, -0.25) is 0 Å². The first kappa shape index (κ1) is 12.6. The maximum Gasteiger partial charge on any atom is 0.168 e. The normalized spacial score (nSPS) is 13.1. The Kier molecular flexibility index (Phi) is 3.82. The van der Waals surface area contributed by atoms with E-state index in [1.165, 1.54) is 0 Å². The average Bonchev–Trinajstić information content (AvgIpc) is 2.55. The van der Waals surface area contributed by atoms with Gasteiger partial charge in [-0.15, -0.1) is 0 Å². The van der Waals surface area contributed by atoms with Crippen LogP contribution in [-0.4, -0.2) is 12.5 Å². The van der Waals surface area contributed by atoms with Crippen LogP contribution in [0.4, 0.5) is 0 Å². The molecule has 0 atom stereocenters. The van der Waals surface area contributed by atoms with E-state index in [0.717, 1.165) is 16.6 Å². The molecule has 85 valence electrons. The fourth-order valence-electron chi connectivity index (χ4n) is 3.43. The Balaban J connectivity index is 3.27. The minimum absolute atomic E-state index is 0.762. The average molecular weight is 222 g/mol. The van der Waals surface area contributed by atoms with E-state index < -0.39 is 8.24 Å². The van der Waals surface area contributed by atoms with Crippen molar-refractivity contribution in [3.8, 4) is 0 Å². The second kappa shape index (κ2) is 4.56. The summed E-state index contributed by atoms with van der Waals surface area (Å²) in [7, 11) is -1.47. The largest absolute Gasteiger partial charge is 0.379 e. The molecule has 0 unspecified atom stereocenters. The number of rotatable bonds is 4. The lowest BCUT2D eigenvalue weighted by molar-refractivity contribution is 0.765. The third kappa shape index (κ3) is 1.92. The first-order valence-electron chi connectivity index (χ1n) is 5.98. The quantitative estimate of drug-likeness (QED) is 0.669. The Bertz CT molecular complexity index is 264. The fourth-order valence-corrected chi connectivity index (χ4v) is 9.84. The minimum atomic E-state index is -1.47. The van der Waals surface area contributed by atoms with E-state index in [-0.39, 0.29) is 0 Å². The first-order valence-corrected chi connectivity index (χ1v) is 8.16. The van der Waals surface area contributed by atoms with Gasteiger partial charge >= 0.3 is 0 Å². The van der Waals surface area contributed by atoms with Gasteiger partial charge in [-0.25, -0.2) is 0 Å². The Morgan fingerprint density at radius 1 is 0.933 bits per heavy atom. The molecule has 2 heteroatoms. The fraction of sp³-hybridized carbons (Fsp3) is 0.692. The van der Waals surface area contributed by atoms with Gasteiger partial charge in [0.15, 0.2) is 8.24 Å². The maximum absolute atomic E-state index is 3.20. The van der Waals surface area contributed by atoms with Crippen molar-refractivity contribution in [3.05, 3.63) is 24.5 Å². The highest BCUT2D eigenvalue weighted by atomic mass is 28.3. The van der Waals surface area contributed by atoms with Crippen LogP contribution in [0.15, 0.2) is 18.5 Å². The summed E-state index contributed by atoms with van der Waals surface area (Å²) in [4.78, 5) is 0. The molecule has 1 aromatic heterocycles. The lowest BCUT2D eigenvalue weighted by atomic mass is 10.5. The van der Waals surface area contributed by atoms with Crippen LogP contribution in [0.1, 0.15) is 41.5 Å². The summed E-state index contributed by atoms with van der Waals surface area (Å²) in [5.41, 5.74) is 2.29. The maximum atomic E-state index is 3.20. The third-order valence-electron chi connectivity index (χ3n) is 3.77. The van der Waals surface area contributed by atoms with Crippen LogP contribution in [0, 0.1) is 6.07 Å². The molecule has 1 aromatic rings. The molecule has 0 saturated carbocycles. The van der Waals surface area contributed by atoms with E-state index in [9.17, 15) is 0 Å². The van der Waals surface area contributed by atoms with Crippen molar-refractivity contribution in [2.24, 2.45) is 0 Å². The molecule has 0 fully saturated rings. The second-order valence-corrected chi connectivity index (χ2v) is 11.1. The lowest BCUT2D eigenvalue weighted by Crippen LogP contribution is -2.51. The van der Waals surface area contributed by atoms with Crippen molar-refractivity contribution >= 4 is 8.24 Å². The van der Waals surface area contributed by atoms with Crippen molar-refractivity contribution in [3.63, 3.8) is 0 Å². The zero-order valence-electron chi connectivity index (χ0n) is 10.9. The van der Waals surface area contributed by atoms with Crippen LogP contribution in [0.3, 0.4) is 0 Å². The standard InChI is InChI=1S/C13H24NSi/c1-11(2)15(12(3)4,13(5)6)14-9-7-8-10-14/h7,9-13H,1-6H3. The number of hydrogen-bond donors (Lipinski definition) is 0. The van der Waals surface area contributed by atoms with Crippen molar-refractivity contribution in [1.82, 2.24) is 4.23 Å². The van der Waals surface area contributed by atoms with Gasteiger partial charge in [0.05, 0.1) is 0 Å². The van der Waals surface area contributed by atoms with E-state index in [1.54, 1.807) is 0 Å². The molecule has 1 radical (unpaired) electrons. The van der Waals surface area contributed by atoms with Gasteiger partial charge < -0.3 is 4.23 Å². The highest BCUT2D eigenvalue weighted by Gasteiger charge is 2.44. The van der Waals surface area contributed by atoms with Crippen LogP contribution >= 0.6 is 0 Å². The van der Waals surface area contributed by atoms with Crippen LogP contribution in [0.5, 0.6) is 0 Å². The highest BCUT2D eigenvalue weighted by Crippen LogP contribution is 2.42. The summed E-state index contributed by atoms with van der Waals surface area (Å²) in [6.45, 7) is 14.3. The zero-order chi connectivity index (χ0) is 11.6. The van der Waals surface area contributed by atoms with Crippen molar-refractivity contribution in [1.29, 1.82) is 0 Å². The van der Waals surface area contributed by atoms with E-state index in [0.29, 0.717) is 0 Å². The molecule has 0 saturated heterocycles. The van der Waals surface area contributed by atoms with E-state index in [1.807, 2.05) is 6.07 Å². The topological polar surface area (TPSA) is 4.93 Å². The second-order valence-electron chi connectivity index (χ2n) is 5.37. The van der Waals surface area contributed by atoms with Crippen molar-refractivity contribution in [2.75, 3.05) is 0 Å². The van der Waals surface area contributed by atoms with Crippen LogP contribution in [0.2, 0.25) is 16.6 Å². The highest BCUT2D eigenvalue weighted by molar-refractivity contribution is 6.82. The van der Waals surface area contributed by atoms with E-state index in [4.69, 9.17) is 0 Å².